The van der Waals surface area contributed by atoms with Crippen molar-refractivity contribution in [2.24, 2.45) is 0 Å². The Hall–Kier alpha value is -2.53. The smallest absolute Gasteiger partial charge is 0.340 e. The molecule has 0 fully saturated rings. The van der Waals surface area contributed by atoms with Crippen molar-refractivity contribution in [2.45, 2.75) is 6.92 Å². The lowest BCUT2D eigenvalue weighted by Gasteiger charge is -2.11. The molecule has 0 aliphatic rings. The molecule has 104 valence electrons. The van der Waals surface area contributed by atoms with E-state index in [1.165, 1.54) is 6.07 Å². The van der Waals surface area contributed by atoms with E-state index in [0.717, 1.165) is 0 Å². The van der Waals surface area contributed by atoms with Crippen LogP contribution in [0, 0.1) is 0 Å². The average Bonchev–Trinajstić information content (AvgIpc) is 2.48. The van der Waals surface area contributed by atoms with E-state index in [2.05, 4.69) is 0 Å². The van der Waals surface area contributed by atoms with Gasteiger partial charge in [0.15, 0.2) is 0 Å². The van der Waals surface area contributed by atoms with Crippen molar-refractivity contribution in [1.82, 2.24) is 0 Å². The van der Waals surface area contributed by atoms with E-state index in [0.29, 0.717) is 11.5 Å². The van der Waals surface area contributed by atoms with Gasteiger partial charge >= 0.3 is 5.97 Å². The number of rotatable bonds is 5. The molecular formula is C15H15NO4. The third-order valence-corrected chi connectivity index (χ3v) is 2.59. The molecule has 2 rings (SSSR count). The second kappa shape index (κ2) is 6.58. The molecule has 0 bridgehead atoms. The lowest BCUT2D eigenvalue weighted by Crippen LogP contribution is -2.08. The van der Waals surface area contributed by atoms with Crippen LogP contribution in [0.3, 0.4) is 0 Å². The Balaban J connectivity index is 2.27. The van der Waals surface area contributed by atoms with Gasteiger partial charge in [0.2, 0.25) is 0 Å². The summed E-state index contributed by atoms with van der Waals surface area (Å²) < 4.78 is 10.6. The first-order valence-electron chi connectivity index (χ1n) is 6.18. The summed E-state index contributed by atoms with van der Waals surface area (Å²) in [6.45, 7) is 1.97. The Kier molecular flexibility index (Phi) is 4.57. The molecule has 0 aliphatic heterocycles. The summed E-state index contributed by atoms with van der Waals surface area (Å²) in [6.07, 6.45) is 0. The van der Waals surface area contributed by atoms with Crippen LogP contribution in [0.15, 0.2) is 48.5 Å². The molecule has 20 heavy (non-hydrogen) atoms. The Bertz CT molecular complexity index is 584. The minimum atomic E-state index is -0.525. The van der Waals surface area contributed by atoms with Crippen LogP contribution < -0.4 is 10.2 Å². The van der Waals surface area contributed by atoms with Crippen LogP contribution in [0.1, 0.15) is 17.3 Å². The van der Waals surface area contributed by atoms with Crippen LogP contribution in [0.25, 0.3) is 0 Å². The minimum Gasteiger partial charge on any atom is -0.462 e. The summed E-state index contributed by atoms with van der Waals surface area (Å²) >= 11 is 0. The summed E-state index contributed by atoms with van der Waals surface area (Å²) in [5.41, 5.74) is 2.45. The van der Waals surface area contributed by atoms with Crippen LogP contribution in [-0.2, 0) is 4.74 Å². The molecule has 0 unspecified atom stereocenters. The highest BCUT2D eigenvalue weighted by molar-refractivity contribution is 5.96. The molecule has 2 aromatic carbocycles. The Labute approximate surface area is 116 Å². The molecule has 0 aliphatic carbocycles. The zero-order valence-corrected chi connectivity index (χ0v) is 11.0. The topological polar surface area (TPSA) is 67.8 Å². The third kappa shape index (κ3) is 3.27. The zero-order valence-electron chi connectivity index (χ0n) is 11.0. The summed E-state index contributed by atoms with van der Waals surface area (Å²) in [4.78, 5) is 11.8. The van der Waals surface area contributed by atoms with E-state index >= 15 is 0 Å². The molecule has 5 nitrogen and oxygen atoms in total. The fourth-order valence-electron chi connectivity index (χ4n) is 1.69. The standard InChI is InChI=1S/C15H15NO4/c1-2-19-15(17)13-10-12(8-9-14(13)16-18)20-11-6-4-3-5-7-11/h3-10,16,18H,2H2,1H3. The second-order valence-corrected chi connectivity index (χ2v) is 3.95. The highest BCUT2D eigenvalue weighted by atomic mass is 16.5. The Morgan fingerprint density at radius 1 is 1.15 bits per heavy atom. The van der Waals surface area contributed by atoms with Crippen LogP contribution in [0.2, 0.25) is 0 Å². The predicted octanol–water partition coefficient (Wildman–Crippen LogP) is 3.46. The number of nitrogens with one attached hydrogen (secondary N) is 1. The number of hydrogen-bond acceptors (Lipinski definition) is 5. The van der Waals surface area contributed by atoms with Crippen LogP contribution in [0.4, 0.5) is 5.69 Å². The normalized spacial score (nSPS) is 9.90. The fourth-order valence-corrected chi connectivity index (χ4v) is 1.69. The summed E-state index contributed by atoms with van der Waals surface area (Å²) in [5.74, 6) is 0.618. The van der Waals surface area contributed by atoms with E-state index in [9.17, 15) is 4.79 Å². The van der Waals surface area contributed by atoms with Crippen molar-refractivity contribution in [1.29, 1.82) is 0 Å². The Morgan fingerprint density at radius 3 is 2.55 bits per heavy atom. The van der Waals surface area contributed by atoms with Gasteiger partial charge in [-0.15, -0.1) is 0 Å². The second-order valence-electron chi connectivity index (χ2n) is 3.95. The number of ether oxygens (including phenoxy) is 2. The number of carbonyl (C=O) groups is 1. The molecular weight excluding hydrogens is 258 g/mol. The average molecular weight is 273 g/mol. The molecule has 0 atom stereocenters. The van der Waals surface area contributed by atoms with Crippen LogP contribution in [-0.4, -0.2) is 17.8 Å². The molecule has 0 saturated carbocycles. The SMILES string of the molecule is CCOC(=O)c1cc(Oc2ccccc2)ccc1NO. The van der Waals surface area contributed by atoms with E-state index in [-0.39, 0.29) is 17.9 Å². The van der Waals surface area contributed by atoms with Crippen molar-refractivity contribution in [3.8, 4) is 11.5 Å². The van der Waals surface area contributed by atoms with E-state index in [1.54, 1.807) is 19.1 Å². The number of hydrogen-bond donors (Lipinski definition) is 2. The van der Waals surface area contributed by atoms with Crippen molar-refractivity contribution >= 4 is 11.7 Å². The molecule has 0 heterocycles. The van der Waals surface area contributed by atoms with Gasteiger partial charge in [0.1, 0.15) is 11.5 Å². The molecule has 5 heteroatoms. The number of esters is 1. The molecule has 0 saturated heterocycles. The highest BCUT2D eigenvalue weighted by Gasteiger charge is 2.14. The molecule has 0 radical (unpaired) electrons. The number of anilines is 1. The quantitative estimate of drug-likeness (QED) is 0.645. The summed E-state index contributed by atoms with van der Waals surface area (Å²) in [6, 6.07) is 13.9. The highest BCUT2D eigenvalue weighted by Crippen LogP contribution is 2.26. The van der Waals surface area contributed by atoms with Crippen LogP contribution in [0.5, 0.6) is 11.5 Å². The lowest BCUT2D eigenvalue weighted by molar-refractivity contribution is 0.0526. The minimum absolute atomic E-state index is 0.211. The molecule has 2 N–H and O–H groups in total. The van der Waals surface area contributed by atoms with E-state index in [1.807, 2.05) is 35.8 Å². The van der Waals surface area contributed by atoms with Gasteiger partial charge in [0.25, 0.3) is 0 Å². The Morgan fingerprint density at radius 2 is 1.90 bits per heavy atom. The van der Waals surface area contributed by atoms with Gasteiger partial charge in [-0.05, 0) is 37.3 Å². The first-order valence-corrected chi connectivity index (χ1v) is 6.18. The maximum absolute atomic E-state index is 11.8. The monoisotopic (exact) mass is 273 g/mol. The van der Waals surface area contributed by atoms with Crippen molar-refractivity contribution in [2.75, 3.05) is 12.1 Å². The third-order valence-electron chi connectivity index (χ3n) is 2.59. The first-order chi connectivity index (χ1) is 9.74. The van der Waals surface area contributed by atoms with Gasteiger partial charge in [-0.25, -0.2) is 4.79 Å². The maximum atomic E-state index is 11.8. The molecule has 0 spiro atoms. The number of para-hydroxylation sites is 1. The first kappa shape index (κ1) is 13.9. The van der Waals surface area contributed by atoms with E-state index in [4.69, 9.17) is 14.7 Å². The maximum Gasteiger partial charge on any atom is 0.340 e. The fraction of sp³-hybridized carbons (Fsp3) is 0.133. The summed E-state index contributed by atoms with van der Waals surface area (Å²) in [7, 11) is 0. The zero-order chi connectivity index (χ0) is 14.4. The van der Waals surface area contributed by atoms with Crippen molar-refractivity contribution < 1.29 is 19.5 Å². The number of benzene rings is 2. The van der Waals surface area contributed by atoms with Crippen molar-refractivity contribution in [3.05, 3.63) is 54.1 Å². The van der Waals surface area contributed by atoms with Gasteiger partial charge in [-0.3, -0.25) is 10.7 Å². The van der Waals surface area contributed by atoms with Gasteiger partial charge in [-0.2, -0.15) is 0 Å². The largest absolute Gasteiger partial charge is 0.462 e. The number of carbonyl (C=O) groups excluding carboxylic acids is 1. The lowest BCUT2D eigenvalue weighted by atomic mass is 10.1. The summed E-state index contributed by atoms with van der Waals surface area (Å²) in [5, 5.41) is 9.02. The van der Waals surface area contributed by atoms with Gasteiger partial charge < -0.3 is 9.47 Å². The molecule has 0 amide bonds. The van der Waals surface area contributed by atoms with Gasteiger partial charge in [0, 0.05) is 0 Å². The molecule has 2 aromatic rings. The van der Waals surface area contributed by atoms with E-state index < -0.39 is 5.97 Å². The van der Waals surface area contributed by atoms with Crippen LogP contribution >= 0.6 is 0 Å². The van der Waals surface area contributed by atoms with Gasteiger partial charge in [0.05, 0.1) is 17.9 Å². The predicted molar refractivity (Wildman–Crippen MR) is 74.3 cm³/mol. The van der Waals surface area contributed by atoms with Gasteiger partial charge in [-0.1, -0.05) is 18.2 Å². The molecule has 0 aromatic heterocycles. The van der Waals surface area contributed by atoms with Crippen molar-refractivity contribution in [3.63, 3.8) is 0 Å².